The van der Waals surface area contributed by atoms with Gasteiger partial charge in [-0.15, -0.1) is 0 Å². The van der Waals surface area contributed by atoms with Crippen LogP contribution in [0.5, 0.6) is 5.75 Å². The summed E-state index contributed by atoms with van der Waals surface area (Å²) in [6.45, 7) is 0.621. The third-order valence-electron chi connectivity index (χ3n) is 4.61. The maximum atomic E-state index is 12.0. The third-order valence-corrected chi connectivity index (χ3v) is 4.92. The van der Waals surface area contributed by atoms with Crippen LogP contribution in [-0.2, 0) is 6.54 Å². The smallest absolute Gasteiger partial charge is 0.249 e. The molecule has 130 valence electrons. The Balaban J connectivity index is 2.16. The molecule has 0 atom stereocenters. The van der Waals surface area contributed by atoms with Gasteiger partial charge in [0.1, 0.15) is 5.75 Å². The molecule has 3 aromatic carbocycles. The van der Waals surface area contributed by atoms with E-state index in [-0.39, 0.29) is 0 Å². The molecule has 0 fully saturated rings. The number of hydrogen-bond donors (Lipinski definition) is 1. The molecule has 0 radical (unpaired) electrons. The molecule has 0 spiro atoms. The van der Waals surface area contributed by atoms with Gasteiger partial charge in [0.05, 0.1) is 28.6 Å². The van der Waals surface area contributed by atoms with Gasteiger partial charge in [0.25, 0.3) is 0 Å². The summed E-state index contributed by atoms with van der Waals surface area (Å²) >= 11 is 6.57. The van der Waals surface area contributed by atoms with E-state index in [2.05, 4.69) is 16.7 Å². The number of aromatic nitrogens is 1. The number of benzene rings is 3. The van der Waals surface area contributed by atoms with Crippen LogP contribution in [0.4, 0.5) is 0 Å². The van der Waals surface area contributed by atoms with Gasteiger partial charge in [-0.2, -0.15) is 0 Å². The number of carbonyl (C=O) groups is 1. The van der Waals surface area contributed by atoms with E-state index in [0.29, 0.717) is 22.9 Å². The molecule has 4 nitrogen and oxygen atoms in total. The van der Waals surface area contributed by atoms with Gasteiger partial charge in [0.15, 0.2) is 0 Å². The largest absolute Gasteiger partial charge is 0.496 e. The molecule has 0 aliphatic heterocycles. The van der Waals surface area contributed by atoms with Crippen LogP contribution >= 0.6 is 11.6 Å². The molecule has 5 heteroatoms. The highest BCUT2D eigenvalue weighted by Gasteiger charge is 2.21. The Bertz CT molecular complexity index is 1130. The molecule has 26 heavy (non-hydrogen) atoms. The molecular formula is C21H17ClN2O2. The predicted molar refractivity (Wildman–Crippen MR) is 105 cm³/mol. The first-order chi connectivity index (χ1) is 12.6. The quantitative estimate of drug-likeness (QED) is 0.575. The fraction of sp³-hybridized carbons (Fsp3) is 0.0952. The third kappa shape index (κ3) is 2.50. The van der Waals surface area contributed by atoms with Gasteiger partial charge in [0, 0.05) is 17.5 Å². The van der Waals surface area contributed by atoms with Crippen LogP contribution in [0.25, 0.3) is 21.8 Å². The highest BCUT2D eigenvalue weighted by Crippen LogP contribution is 2.41. The van der Waals surface area contributed by atoms with Crippen LogP contribution in [0, 0.1) is 0 Å². The van der Waals surface area contributed by atoms with Crippen LogP contribution < -0.4 is 10.5 Å². The van der Waals surface area contributed by atoms with Crippen molar-refractivity contribution in [3.05, 3.63) is 76.8 Å². The van der Waals surface area contributed by atoms with Crippen LogP contribution in [0.2, 0.25) is 5.02 Å². The number of carbonyl (C=O) groups excluding carboxylic acids is 1. The topological polar surface area (TPSA) is 57.2 Å². The van der Waals surface area contributed by atoms with E-state index in [4.69, 9.17) is 22.1 Å². The molecule has 0 bridgehead atoms. The van der Waals surface area contributed by atoms with Gasteiger partial charge >= 0.3 is 0 Å². The Labute approximate surface area is 155 Å². The molecule has 1 aromatic heterocycles. The van der Waals surface area contributed by atoms with Crippen molar-refractivity contribution in [2.24, 2.45) is 5.73 Å². The summed E-state index contributed by atoms with van der Waals surface area (Å²) in [6, 6.07) is 19.3. The van der Waals surface area contributed by atoms with E-state index < -0.39 is 5.91 Å². The normalized spacial score (nSPS) is 11.2. The number of primary amides is 1. The van der Waals surface area contributed by atoms with E-state index in [1.54, 1.807) is 13.2 Å². The van der Waals surface area contributed by atoms with Crippen molar-refractivity contribution < 1.29 is 9.53 Å². The van der Waals surface area contributed by atoms with E-state index in [1.807, 2.05) is 42.5 Å². The predicted octanol–water partition coefficient (Wildman–Crippen LogP) is 4.60. The van der Waals surface area contributed by atoms with Gasteiger partial charge in [-0.25, -0.2) is 0 Å². The standard InChI is InChI=1S/C21H17ClN2O2/c1-26-17-11-10-15(22)20-19(17)18-14(21(23)25)8-5-9-16(18)24(20)12-13-6-3-2-4-7-13/h2-11H,12H2,1H3,(H2,23,25). The first-order valence-corrected chi connectivity index (χ1v) is 8.60. The number of nitrogens with two attached hydrogens (primary N) is 1. The number of fused-ring (bicyclic) bond motifs is 3. The van der Waals surface area contributed by atoms with Crippen molar-refractivity contribution in [3.63, 3.8) is 0 Å². The number of amides is 1. The van der Waals surface area contributed by atoms with Crippen molar-refractivity contribution in [2.75, 3.05) is 7.11 Å². The fourth-order valence-corrected chi connectivity index (χ4v) is 3.77. The van der Waals surface area contributed by atoms with E-state index in [9.17, 15) is 4.79 Å². The lowest BCUT2D eigenvalue weighted by molar-refractivity contribution is 0.100. The summed E-state index contributed by atoms with van der Waals surface area (Å²) in [5, 5.41) is 2.17. The molecule has 1 heterocycles. The van der Waals surface area contributed by atoms with E-state index in [1.165, 1.54) is 0 Å². The summed E-state index contributed by atoms with van der Waals surface area (Å²) in [6.07, 6.45) is 0. The molecular weight excluding hydrogens is 348 g/mol. The molecule has 4 aromatic rings. The maximum Gasteiger partial charge on any atom is 0.249 e. The first kappa shape index (κ1) is 16.5. The highest BCUT2D eigenvalue weighted by atomic mass is 35.5. The van der Waals surface area contributed by atoms with Gasteiger partial charge < -0.3 is 15.0 Å². The summed E-state index contributed by atoms with van der Waals surface area (Å²) in [5.41, 5.74) is 8.96. The Morgan fingerprint density at radius 2 is 1.81 bits per heavy atom. The Morgan fingerprint density at radius 3 is 2.50 bits per heavy atom. The lowest BCUT2D eigenvalue weighted by atomic mass is 10.1. The van der Waals surface area contributed by atoms with Gasteiger partial charge in [-0.05, 0) is 29.8 Å². The lowest BCUT2D eigenvalue weighted by Crippen LogP contribution is -2.11. The molecule has 0 unspecified atom stereocenters. The van der Waals surface area contributed by atoms with E-state index in [0.717, 1.165) is 27.4 Å². The second-order valence-corrected chi connectivity index (χ2v) is 6.52. The van der Waals surface area contributed by atoms with Gasteiger partial charge in [0.2, 0.25) is 5.91 Å². The lowest BCUT2D eigenvalue weighted by Gasteiger charge is -2.09. The number of rotatable bonds is 4. The SMILES string of the molecule is COc1ccc(Cl)c2c1c1c(C(N)=O)cccc1n2Cc1ccccc1. The second-order valence-electron chi connectivity index (χ2n) is 6.11. The average Bonchev–Trinajstić information content (AvgIpc) is 2.98. The molecule has 0 saturated heterocycles. The van der Waals surface area contributed by atoms with Crippen LogP contribution in [-0.4, -0.2) is 17.6 Å². The molecule has 0 saturated carbocycles. The van der Waals surface area contributed by atoms with Gasteiger partial charge in [-0.3, -0.25) is 4.79 Å². The molecule has 2 N–H and O–H groups in total. The van der Waals surface area contributed by atoms with Crippen LogP contribution in [0.15, 0.2) is 60.7 Å². The molecule has 0 aliphatic carbocycles. The zero-order chi connectivity index (χ0) is 18.3. The summed E-state index contributed by atoms with van der Waals surface area (Å²) < 4.78 is 7.67. The Hall–Kier alpha value is -2.98. The summed E-state index contributed by atoms with van der Waals surface area (Å²) in [7, 11) is 1.61. The monoisotopic (exact) mass is 364 g/mol. The molecule has 0 aliphatic rings. The van der Waals surface area contributed by atoms with Crippen molar-refractivity contribution >= 4 is 39.3 Å². The van der Waals surface area contributed by atoms with Crippen molar-refractivity contribution in [1.29, 1.82) is 0 Å². The molecule has 4 rings (SSSR count). The minimum absolute atomic E-state index is 0.458. The Morgan fingerprint density at radius 1 is 1.04 bits per heavy atom. The minimum atomic E-state index is -0.476. The summed E-state index contributed by atoms with van der Waals surface area (Å²) in [5.74, 6) is 0.186. The van der Waals surface area contributed by atoms with Crippen LogP contribution in [0.3, 0.4) is 0 Å². The van der Waals surface area contributed by atoms with E-state index >= 15 is 0 Å². The fourth-order valence-electron chi connectivity index (χ4n) is 3.51. The summed E-state index contributed by atoms with van der Waals surface area (Å²) in [4.78, 5) is 12.0. The van der Waals surface area contributed by atoms with Gasteiger partial charge in [-0.1, -0.05) is 48.0 Å². The molecule has 1 amide bonds. The Kier molecular flexibility index (Phi) is 4.05. The minimum Gasteiger partial charge on any atom is -0.496 e. The number of hydrogen-bond acceptors (Lipinski definition) is 2. The number of ether oxygens (including phenoxy) is 1. The van der Waals surface area contributed by atoms with Crippen molar-refractivity contribution in [3.8, 4) is 5.75 Å². The number of methoxy groups -OCH3 is 1. The average molecular weight is 365 g/mol. The van der Waals surface area contributed by atoms with Crippen molar-refractivity contribution in [2.45, 2.75) is 6.54 Å². The zero-order valence-corrected chi connectivity index (χ0v) is 15.0. The number of nitrogens with zero attached hydrogens (tertiary/aromatic N) is 1. The zero-order valence-electron chi connectivity index (χ0n) is 14.2. The first-order valence-electron chi connectivity index (χ1n) is 8.23. The second kappa shape index (κ2) is 6.39. The number of halogens is 1. The van der Waals surface area contributed by atoms with Crippen LogP contribution in [0.1, 0.15) is 15.9 Å². The van der Waals surface area contributed by atoms with Crippen molar-refractivity contribution in [1.82, 2.24) is 4.57 Å². The maximum absolute atomic E-state index is 12.0. The highest BCUT2D eigenvalue weighted by molar-refractivity contribution is 6.37.